The first-order chi connectivity index (χ1) is 9.08. The van der Waals surface area contributed by atoms with Crippen molar-refractivity contribution in [3.05, 3.63) is 23.9 Å². The number of aromatic carboxylic acids is 1. The van der Waals surface area contributed by atoms with Crippen LogP contribution in [0.1, 0.15) is 24.2 Å². The van der Waals surface area contributed by atoms with Crippen LogP contribution in [0.2, 0.25) is 0 Å². The van der Waals surface area contributed by atoms with Gasteiger partial charge in [0.1, 0.15) is 0 Å². The van der Waals surface area contributed by atoms with Gasteiger partial charge in [0.15, 0.2) is 11.5 Å². The number of rotatable bonds is 5. The zero-order valence-corrected chi connectivity index (χ0v) is 11.3. The fourth-order valence-electron chi connectivity index (χ4n) is 2.10. The Morgan fingerprint density at radius 1 is 1.21 bits per heavy atom. The van der Waals surface area contributed by atoms with Crippen LogP contribution in [0.4, 0.5) is 0 Å². The molecule has 0 radical (unpaired) electrons. The molecule has 0 atom stereocenters. The fraction of sp³-hybridized carbons (Fsp3) is 0.357. The van der Waals surface area contributed by atoms with E-state index in [0.717, 1.165) is 5.52 Å². The molecule has 1 aromatic carbocycles. The van der Waals surface area contributed by atoms with Crippen LogP contribution in [-0.4, -0.2) is 28.9 Å². The van der Waals surface area contributed by atoms with Crippen molar-refractivity contribution < 1.29 is 19.4 Å². The number of carboxylic acids is 1. The average Bonchev–Trinajstić information content (AvgIpc) is 2.68. The van der Waals surface area contributed by atoms with Crippen molar-refractivity contribution in [2.24, 2.45) is 7.05 Å². The van der Waals surface area contributed by atoms with E-state index in [4.69, 9.17) is 9.47 Å². The Labute approximate surface area is 111 Å². The van der Waals surface area contributed by atoms with Gasteiger partial charge in [0.2, 0.25) is 0 Å². The topological polar surface area (TPSA) is 60.7 Å². The largest absolute Gasteiger partial charge is 0.490 e. The van der Waals surface area contributed by atoms with Crippen molar-refractivity contribution in [1.29, 1.82) is 0 Å². The van der Waals surface area contributed by atoms with E-state index < -0.39 is 5.97 Å². The van der Waals surface area contributed by atoms with Crippen LogP contribution in [0.15, 0.2) is 18.3 Å². The zero-order valence-electron chi connectivity index (χ0n) is 11.3. The number of aromatic nitrogens is 1. The molecule has 0 fully saturated rings. The molecule has 1 heterocycles. The van der Waals surface area contributed by atoms with Gasteiger partial charge in [0, 0.05) is 24.7 Å². The highest BCUT2D eigenvalue weighted by molar-refractivity contribution is 6.04. The lowest BCUT2D eigenvalue weighted by molar-refractivity contribution is 0.0699. The number of ether oxygens (including phenoxy) is 2. The van der Waals surface area contributed by atoms with Crippen LogP contribution >= 0.6 is 0 Å². The lowest BCUT2D eigenvalue weighted by Crippen LogP contribution is -1.99. The molecule has 5 nitrogen and oxygen atoms in total. The third-order valence-corrected chi connectivity index (χ3v) is 2.89. The third-order valence-electron chi connectivity index (χ3n) is 2.89. The molecule has 1 N–H and O–H groups in total. The smallest absolute Gasteiger partial charge is 0.337 e. The summed E-state index contributed by atoms with van der Waals surface area (Å²) in [7, 11) is 1.81. The second-order valence-electron chi connectivity index (χ2n) is 4.14. The number of fused-ring (bicyclic) bond motifs is 1. The van der Waals surface area contributed by atoms with E-state index in [-0.39, 0.29) is 5.56 Å². The van der Waals surface area contributed by atoms with Crippen LogP contribution in [0.5, 0.6) is 11.5 Å². The number of benzene rings is 1. The minimum atomic E-state index is -0.947. The highest BCUT2D eigenvalue weighted by Crippen LogP contribution is 2.34. The average molecular weight is 263 g/mol. The van der Waals surface area contributed by atoms with E-state index in [2.05, 4.69) is 0 Å². The maximum Gasteiger partial charge on any atom is 0.337 e. The molecule has 0 unspecified atom stereocenters. The van der Waals surface area contributed by atoms with Crippen molar-refractivity contribution in [3.63, 3.8) is 0 Å². The summed E-state index contributed by atoms with van der Waals surface area (Å²) >= 11 is 0. The zero-order chi connectivity index (χ0) is 14.0. The molecule has 0 aliphatic heterocycles. The monoisotopic (exact) mass is 263 g/mol. The van der Waals surface area contributed by atoms with Crippen molar-refractivity contribution in [3.8, 4) is 11.5 Å². The first-order valence-electron chi connectivity index (χ1n) is 6.20. The Kier molecular flexibility index (Phi) is 3.64. The minimum Gasteiger partial charge on any atom is -0.490 e. The molecule has 0 aliphatic rings. The van der Waals surface area contributed by atoms with Crippen LogP contribution in [0.3, 0.4) is 0 Å². The molecular weight excluding hydrogens is 246 g/mol. The van der Waals surface area contributed by atoms with Crippen molar-refractivity contribution in [1.82, 2.24) is 4.57 Å². The summed E-state index contributed by atoms with van der Waals surface area (Å²) in [6, 6.07) is 3.55. The van der Waals surface area contributed by atoms with Gasteiger partial charge < -0.3 is 19.1 Å². The molecule has 0 saturated carbocycles. The van der Waals surface area contributed by atoms with Gasteiger partial charge in [-0.3, -0.25) is 0 Å². The molecule has 102 valence electrons. The molecule has 1 aromatic heterocycles. The SMILES string of the molecule is CCOc1cc2c(C(=O)O)cn(C)c2cc1OCC. The van der Waals surface area contributed by atoms with E-state index in [0.29, 0.717) is 30.1 Å². The molecule has 0 bridgehead atoms. The predicted octanol–water partition coefficient (Wildman–Crippen LogP) is 2.67. The quantitative estimate of drug-likeness (QED) is 0.901. The number of carbonyl (C=O) groups is 1. The summed E-state index contributed by atoms with van der Waals surface area (Å²) in [6.07, 6.45) is 1.60. The van der Waals surface area contributed by atoms with Crippen molar-refractivity contribution in [2.45, 2.75) is 13.8 Å². The maximum atomic E-state index is 11.2. The highest BCUT2D eigenvalue weighted by atomic mass is 16.5. The summed E-state index contributed by atoms with van der Waals surface area (Å²) in [6.45, 7) is 4.80. The van der Waals surface area contributed by atoms with E-state index in [1.165, 1.54) is 0 Å². The number of hydrogen-bond donors (Lipinski definition) is 1. The molecule has 2 aromatic rings. The normalized spacial score (nSPS) is 10.7. The van der Waals surface area contributed by atoms with E-state index in [1.54, 1.807) is 16.8 Å². The Morgan fingerprint density at radius 2 is 1.79 bits per heavy atom. The van der Waals surface area contributed by atoms with E-state index in [1.807, 2.05) is 27.0 Å². The molecule has 2 rings (SSSR count). The number of aryl methyl sites for hydroxylation is 1. The Balaban J connectivity index is 2.67. The summed E-state index contributed by atoms with van der Waals surface area (Å²) in [5, 5.41) is 9.86. The summed E-state index contributed by atoms with van der Waals surface area (Å²) < 4.78 is 12.8. The third kappa shape index (κ3) is 2.36. The molecule has 0 spiro atoms. The summed E-state index contributed by atoms with van der Waals surface area (Å²) in [4.78, 5) is 11.2. The van der Waals surface area contributed by atoms with Crippen molar-refractivity contribution >= 4 is 16.9 Å². The lowest BCUT2D eigenvalue weighted by Gasteiger charge is -2.11. The first kappa shape index (κ1) is 13.3. The van der Waals surface area contributed by atoms with Gasteiger partial charge in [0.25, 0.3) is 0 Å². The fourth-order valence-corrected chi connectivity index (χ4v) is 2.10. The maximum absolute atomic E-state index is 11.2. The molecule has 0 amide bonds. The molecule has 19 heavy (non-hydrogen) atoms. The Hall–Kier alpha value is -2.17. The predicted molar refractivity (Wildman–Crippen MR) is 72.2 cm³/mol. The molecule has 0 aliphatic carbocycles. The highest BCUT2D eigenvalue weighted by Gasteiger charge is 2.16. The second-order valence-corrected chi connectivity index (χ2v) is 4.14. The molecule has 5 heteroatoms. The summed E-state index contributed by atoms with van der Waals surface area (Å²) in [5.74, 6) is 0.262. The van der Waals surface area contributed by atoms with E-state index in [9.17, 15) is 9.90 Å². The molecular formula is C14H17NO4. The van der Waals surface area contributed by atoms with Gasteiger partial charge in [0.05, 0.1) is 24.3 Å². The van der Waals surface area contributed by atoms with Crippen LogP contribution in [0.25, 0.3) is 10.9 Å². The molecule has 0 saturated heterocycles. The van der Waals surface area contributed by atoms with Gasteiger partial charge in [-0.05, 0) is 19.9 Å². The lowest BCUT2D eigenvalue weighted by atomic mass is 10.1. The minimum absolute atomic E-state index is 0.265. The van der Waals surface area contributed by atoms with Gasteiger partial charge in [-0.2, -0.15) is 0 Å². The Morgan fingerprint density at radius 3 is 2.32 bits per heavy atom. The standard InChI is InChI=1S/C14H17NO4/c1-4-18-12-6-9-10(14(16)17)8-15(3)11(9)7-13(12)19-5-2/h6-8H,4-5H2,1-3H3,(H,16,17). The van der Waals surface area contributed by atoms with Crippen LogP contribution in [0, 0.1) is 0 Å². The first-order valence-corrected chi connectivity index (χ1v) is 6.20. The van der Waals surface area contributed by atoms with Gasteiger partial charge >= 0.3 is 5.97 Å². The number of carboxylic acid groups (broad SMARTS) is 1. The number of nitrogens with zero attached hydrogens (tertiary/aromatic N) is 1. The van der Waals surface area contributed by atoms with Gasteiger partial charge in [-0.1, -0.05) is 0 Å². The van der Waals surface area contributed by atoms with Crippen molar-refractivity contribution in [2.75, 3.05) is 13.2 Å². The summed E-state index contributed by atoms with van der Waals surface area (Å²) in [5.41, 5.74) is 1.07. The van der Waals surface area contributed by atoms with Gasteiger partial charge in [-0.25, -0.2) is 4.79 Å². The van der Waals surface area contributed by atoms with Crippen LogP contribution < -0.4 is 9.47 Å². The van der Waals surface area contributed by atoms with Crippen LogP contribution in [-0.2, 0) is 7.05 Å². The van der Waals surface area contributed by atoms with E-state index >= 15 is 0 Å². The number of hydrogen-bond acceptors (Lipinski definition) is 3. The van der Waals surface area contributed by atoms with Gasteiger partial charge in [-0.15, -0.1) is 0 Å². The second kappa shape index (κ2) is 5.22. The Bertz CT molecular complexity index is 615.